The molecule has 0 bridgehead atoms. The van der Waals surface area contributed by atoms with Crippen LogP contribution >= 0.6 is 15.9 Å². The van der Waals surface area contributed by atoms with Crippen LogP contribution in [0.5, 0.6) is 0 Å². The first kappa shape index (κ1) is 14.3. The lowest BCUT2D eigenvalue weighted by molar-refractivity contribution is 0.0963. The summed E-state index contributed by atoms with van der Waals surface area (Å²) >= 11 is 3.27. The molecule has 2 aromatic carbocycles. The zero-order chi connectivity index (χ0) is 14.7. The van der Waals surface area contributed by atoms with Crippen molar-refractivity contribution in [1.29, 1.82) is 0 Å². The average molecular weight is 338 g/mol. The maximum atomic E-state index is 13.0. The van der Waals surface area contributed by atoms with E-state index >= 15 is 0 Å². The summed E-state index contributed by atoms with van der Waals surface area (Å²) in [5.74, 6) is -0.541. The van der Waals surface area contributed by atoms with Crippen LogP contribution in [0.3, 0.4) is 0 Å². The molecule has 0 aromatic heterocycles. The molecule has 6 heteroatoms. The maximum absolute atomic E-state index is 13.0. The number of rotatable bonds is 3. The molecule has 0 aliphatic heterocycles. The van der Waals surface area contributed by atoms with Gasteiger partial charge in [0.15, 0.2) is 0 Å². The van der Waals surface area contributed by atoms with E-state index in [2.05, 4.69) is 26.6 Å². The predicted octanol–water partition coefficient (Wildman–Crippen LogP) is 3.27. The fraction of sp³-hybridized carbons (Fsp3) is 0.0714. The largest absolute Gasteiger partial charge is 0.397 e. The highest BCUT2D eigenvalue weighted by molar-refractivity contribution is 9.10. The van der Waals surface area contributed by atoms with Crippen molar-refractivity contribution >= 4 is 38.9 Å². The van der Waals surface area contributed by atoms with E-state index in [-0.39, 0.29) is 11.7 Å². The maximum Gasteiger partial charge on any atom is 0.251 e. The molecule has 0 atom stereocenters. The number of hydrogen-bond donors (Lipinski definition) is 3. The van der Waals surface area contributed by atoms with Crippen molar-refractivity contribution in [1.82, 2.24) is 5.32 Å². The lowest BCUT2D eigenvalue weighted by Gasteiger charge is -2.12. The van der Waals surface area contributed by atoms with Gasteiger partial charge >= 0.3 is 0 Å². The van der Waals surface area contributed by atoms with Crippen molar-refractivity contribution in [2.24, 2.45) is 0 Å². The quantitative estimate of drug-likeness (QED) is 0.753. The van der Waals surface area contributed by atoms with Gasteiger partial charge in [-0.1, -0.05) is 0 Å². The Balaban J connectivity index is 2.35. The summed E-state index contributed by atoms with van der Waals surface area (Å²) in [4.78, 5) is 11.6. The van der Waals surface area contributed by atoms with Gasteiger partial charge < -0.3 is 16.4 Å². The molecule has 104 valence electrons. The van der Waals surface area contributed by atoms with Crippen LogP contribution in [0.25, 0.3) is 0 Å². The summed E-state index contributed by atoms with van der Waals surface area (Å²) in [6.45, 7) is 0. The van der Waals surface area contributed by atoms with Crippen molar-refractivity contribution in [3.05, 3.63) is 52.3 Å². The van der Waals surface area contributed by atoms with Crippen LogP contribution < -0.4 is 16.4 Å². The predicted molar refractivity (Wildman–Crippen MR) is 81.6 cm³/mol. The van der Waals surface area contributed by atoms with Crippen LogP contribution in [0.2, 0.25) is 0 Å². The number of nitrogen functional groups attached to an aromatic ring is 1. The van der Waals surface area contributed by atoms with E-state index in [9.17, 15) is 9.18 Å². The molecule has 0 saturated carbocycles. The lowest BCUT2D eigenvalue weighted by Crippen LogP contribution is -2.18. The Labute approximate surface area is 124 Å². The van der Waals surface area contributed by atoms with E-state index in [4.69, 9.17) is 5.73 Å². The molecular weight excluding hydrogens is 325 g/mol. The fourth-order valence-corrected chi connectivity index (χ4v) is 2.14. The summed E-state index contributed by atoms with van der Waals surface area (Å²) in [7, 11) is 1.56. The van der Waals surface area contributed by atoms with Crippen molar-refractivity contribution in [3.8, 4) is 0 Å². The number of hydrogen-bond acceptors (Lipinski definition) is 3. The summed E-state index contributed by atoms with van der Waals surface area (Å²) in [5.41, 5.74) is 8.10. The number of nitrogens with one attached hydrogen (secondary N) is 2. The molecule has 0 heterocycles. The second-order valence-corrected chi connectivity index (χ2v) is 4.98. The van der Waals surface area contributed by atoms with Gasteiger partial charge in [-0.15, -0.1) is 0 Å². The van der Waals surface area contributed by atoms with Crippen LogP contribution in [-0.2, 0) is 0 Å². The van der Waals surface area contributed by atoms with Crippen LogP contribution in [-0.4, -0.2) is 13.0 Å². The number of carbonyl (C=O) groups excluding carboxylic acids is 1. The van der Waals surface area contributed by atoms with E-state index in [0.29, 0.717) is 27.1 Å². The van der Waals surface area contributed by atoms with Crippen LogP contribution in [0.4, 0.5) is 21.5 Å². The Hall–Kier alpha value is -2.08. The SMILES string of the molecule is CNC(=O)c1ccc(N)c(Nc2ccc(F)cc2Br)c1. The van der Waals surface area contributed by atoms with E-state index in [0.717, 1.165) is 0 Å². The third kappa shape index (κ3) is 3.08. The Kier molecular flexibility index (Phi) is 4.24. The Morgan fingerprint density at radius 1 is 1.20 bits per heavy atom. The van der Waals surface area contributed by atoms with Crippen molar-refractivity contribution in [2.75, 3.05) is 18.1 Å². The first-order valence-corrected chi connectivity index (χ1v) is 6.64. The van der Waals surface area contributed by atoms with Crippen molar-refractivity contribution < 1.29 is 9.18 Å². The highest BCUT2D eigenvalue weighted by Gasteiger charge is 2.09. The van der Waals surface area contributed by atoms with E-state index in [1.165, 1.54) is 12.1 Å². The molecule has 0 aliphatic rings. The normalized spacial score (nSPS) is 10.2. The second kappa shape index (κ2) is 5.92. The van der Waals surface area contributed by atoms with Gasteiger partial charge in [0.05, 0.1) is 17.1 Å². The topological polar surface area (TPSA) is 67.2 Å². The third-order valence-electron chi connectivity index (χ3n) is 2.74. The van der Waals surface area contributed by atoms with Gasteiger partial charge in [-0.05, 0) is 52.3 Å². The van der Waals surface area contributed by atoms with Gasteiger partial charge in [0, 0.05) is 17.1 Å². The number of halogens is 2. The summed E-state index contributed by atoms with van der Waals surface area (Å²) in [5, 5.41) is 5.61. The molecule has 0 radical (unpaired) electrons. The molecular formula is C14H13BrFN3O. The minimum Gasteiger partial charge on any atom is -0.397 e. The highest BCUT2D eigenvalue weighted by Crippen LogP contribution is 2.29. The van der Waals surface area contributed by atoms with Gasteiger partial charge in [-0.25, -0.2) is 4.39 Å². The Bertz CT molecular complexity index is 661. The minimum absolute atomic E-state index is 0.203. The number of carbonyl (C=O) groups is 1. The Morgan fingerprint density at radius 3 is 2.60 bits per heavy atom. The molecule has 0 fully saturated rings. The zero-order valence-corrected chi connectivity index (χ0v) is 12.3. The van der Waals surface area contributed by atoms with E-state index < -0.39 is 0 Å². The minimum atomic E-state index is -0.338. The van der Waals surface area contributed by atoms with Gasteiger partial charge in [0.1, 0.15) is 5.82 Å². The Morgan fingerprint density at radius 2 is 1.95 bits per heavy atom. The van der Waals surface area contributed by atoms with Crippen LogP contribution in [0.1, 0.15) is 10.4 Å². The van der Waals surface area contributed by atoms with Gasteiger partial charge in [0.25, 0.3) is 5.91 Å². The summed E-state index contributed by atoms with van der Waals surface area (Å²) in [6.07, 6.45) is 0. The second-order valence-electron chi connectivity index (χ2n) is 4.13. The molecule has 0 spiro atoms. The third-order valence-corrected chi connectivity index (χ3v) is 3.40. The molecule has 20 heavy (non-hydrogen) atoms. The van der Waals surface area contributed by atoms with Crippen molar-refractivity contribution in [3.63, 3.8) is 0 Å². The van der Waals surface area contributed by atoms with Crippen LogP contribution in [0, 0.1) is 5.82 Å². The summed E-state index contributed by atoms with van der Waals surface area (Å²) < 4.78 is 13.6. The van der Waals surface area contributed by atoms with Crippen molar-refractivity contribution in [2.45, 2.75) is 0 Å². The van der Waals surface area contributed by atoms with E-state index in [1.807, 2.05) is 0 Å². The molecule has 2 rings (SSSR count). The average Bonchev–Trinajstić information content (AvgIpc) is 2.43. The molecule has 4 N–H and O–H groups in total. The standard InChI is InChI=1S/C14H13BrFN3O/c1-18-14(20)8-2-4-11(17)13(6-8)19-12-5-3-9(16)7-10(12)15/h2-7,19H,17H2,1H3,(H,18,20). The van der Waals surface area contributed by atoms with Gasteiger partial charge in [0.2, 0.25) is 0 Å². The zero-order valence-electron chi connectivity index (χ0n) is 10.7. The molecule has 0 saturated heterocycles. The highest BCUT2D eigenvalue weighted by atomic mass is 79.9. The van der Waals surface area contributed by atoms with E-state index in [1.54, 1.807) is 31.3 Å². The van der Waals surface area contributed by atoms with Gasteiger partial charge in [-0.3, -0.25) is 4.79 Å². The number of nitrogens with two attached hydrogens (primary N) is 1. The first-order valence-electron chi connectivity index (χ1n) is 5.85. The monoisotopic (exact) mass is 337 g/mol. The van der Waals surface area contributed by atoms with Crippen LogP contribution in [0.15, 0.2) is 40.9 Å². The fourth-order valence-electron chi connectivity index (χ4n) is 1.69. The number of benzene rings is 2. The molecule has 0 unspecified atom stereocenters. The van der Waals surface area contributed by atoms with Gasteiger partial charge in [-0.2, -0.15) is 0 Å². The number of anilines is 3. The summed E-state index contributed by atoms with van der Waals surface area (Å²) in [6, 6.07) is 9.20. The molecule has 4 nitrogen and oxygen atoms in total. The molecule has 1 amide bonds. The lowest BCUT2D eigenvalue weighted by atomic mass is 10.1. The smallest absolute Gasteiger partial charge is 0.251 e. The molecule has 0 aliphatic carbocycles. The number of amides is 1. The first-order chi connectivity index (χ1) is 9.51. The molecule has 2 aromatic rings.